The van der Waals surface area contributed by atoms with Gasteiger partial charge in [-0.2, -0.15) is 0 Å². The van der Waals surface area contributed by atoms with Crippen molar-refractivity contribution in [3.05, 3.63) is 102 Å². The highest BCUT2D eigenvalue weighted by molar-refractivity contribution is 6.09. The third-order valence-electron chi connectivity index (χ3n) is 6.95. The molecule has 0 radical (unpaired) electrons. The SMILES string of the molecule is COc1ccc([C@H](CNC(=O)CN2C(=O)N[C@](C)(c3ccccc3)C2=O)c2c[nH]c3ccccc23)cc1. The molecule has 3 aromatic carbocycles. The highest BCUT2D eigenvalue weighted by atomic mass is 16.5. The van der Waals surface area contributed by atoms with E-state index in [1.807, 2.05) is 60.8 Å². The van der Waals surface area contributed by atoms with Crippen LogP contribution in [0.2, 0.25) is 0 Å². The monoisotopic (exact) mass is 496 g/mol. The van der Waals surface area contributed by atoms with E-state index in [-0.39, 0.29) is 19.0 Å². The van der Waals surface area contributed by atoms with Gasteiger partial charge in [-0.05, 0) is 41.8 Å². The van der Waals surface area contributed by atoms with Gasteiger partial charge >= 0.3 is 6.03 Å². The number of fused-ring (bicyclic) bond motifs is 1. The van der Waals surface area contributed by atoms with E-state index in [1.54, 1.807) is 38.3 Å². The number of nitrogens with zero attached hydrogens (tertiary/aromatic N) is 1. The highest BCUT2D eigenvalue weighted by Crippen LogP contribution is 2.32. The van der Waals surface area contributed by atoms with E-state index in [4.69, 9.17) is 4.74 Å². The summed E-state index contributed by atoms with van der Waals surface area (Å²) in [6.45, 7) is 1.57. The number of methoxy groups -OCH3 is 1. The van der Waals surface area contributed by atoms with Gasteiger partial charge in [0.1, 0.15) is 17.8 Å². The number of rotatable bonds is 8. The number of amides is 4. The summed E-state index contributed by atoms with van der Waals surface area (Å²) >= 11 is 0. The first-order valence-electron chi connectivity index (χ1n) is 12.1. The molecule has 0 bridgehead atoms. The lowest BCUT2D eigenvalue weighted by Crippen LogP contribution is -2.43. The summed E-state index contributed by atoms with van der Waals surface area (Å²) in [7, 11) is 1.62. The molecule has 2 atom stereocenters. The lowest BCUT2D eigenvalue weighted by molar-refractivity contribution is -0.134. The number of aromatic nitrogens is 1. The van der Waals surface area contributed by atoms with Crippen molar-refractivity contribution in [2.75, 3.05) is 20.2 Å². The maximum atomic E-state index is 13.2. The minimum absolute atomic E-state index is 0.163. The zero-order valence-corrected chi connectivity index (χ0v) is 20.7. The lowest BCUT2D eigenvalue weighted by atomic mass is 9.90. The van der Waals surface area contributed by atoms with Gasteiger partial charge in [-0.3, -0.25) is 14.5 Å². The smallest absolute Gasteiger partial charge is 0.325 e. The number of hydrogen-bond acceptors (Lipinski definition) is 4. The second-order valence-electron chi connectivity index (χ2n) is 9.23. The number of carbonyl (C=O) groups excluding carboxylic acids is 3. The number of H-pyrrole nitrogens is 1. The predicted molar refractivity (Wildman–Crippen MR) is 140 cm³/mol. The molecule has 1 aliphatic heterocycles. The molecule has 1 aromatic heterocycles. The second kappa shape index (κ2) is 9.81. The maximum Gasteiger partial charge on any atom is 0.325 e. The first kappa shape index (κ1) is 24.1. The van der Waals surface area contributed by atoms with Crippen LogP contribution in [0.1, 0.15) is 29.5 Å². The Bertz CT molecular complexity index is 1450. The molecule has 1 fully saturated rings. The van der Waals surface area contributed by atoms with E-state index in [1.165, 1.54) is 0 Å². The number of imide groups is 1. The minimum atomic E-state index is -1.21. The quantitative estimate of drug-likeness (QED) is 0.322. The maximum absolute atomic E-state index is 13.2. The van der Waals surface area contributed by atoms with Crippen LogP contribution in [-0.4, -0.2) is 47.9 Å². The summed E-state index contributed by atoms with van der Waals surface area (Å²) in [5, 5.41) is 6.74. The number of nitrogens with one attached hydrogen (secondary N) is 3. The van der Waals surface area contributed by atoms with Crippen molar-refractivity contribution in [2.45, 2.75) is 18.4 Å². The Labute approximate surface area is 214 Å². The van der Waals surface area contributed by atoms with Gasteiger partial charge in [0.05, 0.1) is 7.11 Å². The van der Waals surface area contributed by atoms with Crippen molar-refractivity contribution < 1.29 is 19.1 Å². The van der Waals surface area contributed by atoms with E-state index < -0.39 is 23.4 Å². The number of urea groups is 1. The number of ether oxygens (including phenoxy) is 1. The second-order valence-corrected chi connectivity index (χ2v) is 9.23. The Balaban J connectivity index is 1.34. The average Bonchev–Trinajstić information content (AvgIpc) is 3.44. The summed E-state index contributed by atoms with van der Waals surface area (Å²) in [6.07, 6.45) is 1.95. The molecular formula is C29H28N4O4. The molecule has 4 aromatic rings. The number of carbonyl (C=O) groups is 3. The lowest BCUT2D eigenvalue weighted by Gasteiger charge is -2.22. The van der Waals surface area contributed by atoms with Crippen LogP contribution in [0.15, 0.2) is 85.1 Å². The molecule has 8 nitrogen and oxygen atoms in total. The standard InChI is InChI=1S/C29H28N4O4/c1-29(20-8-4-3-5-9-20)27(35)33(28(36)32-29)18-26(34)31-16-23(19-12-14-21(37-2)15-13-19)24-17-30-25-11-7-6-10-22(24)25/h3-15,17,23,30H,16,18H2,1-2H3,(H,31,34)(H,32,36)/t23-,29+/m0/s1. The topological polar surface area (TPSA) is 104 Å². The Kier molecular flexibility index (Phi) is 6.40. The molecule has 3 N–H and O–H groups in total. The van der Waals surface area contributed by atoms with E-state index in [0.29, 0.717) is 5.56 Å². The Hall–Kier alpha value is -4.59. The van der Waals surface area contributed by atoms with Crippen LogP contribution in [0.25, 0.3) is 10.9 Å². The van der Waals surface area contributed by atoms with Crippen LogP contribution in [0.5, 0.6) is 5.75 Å². The van der Waals surface area contributed by atoms with Gasteiger partial charge in [-0.15, -0.1) is 0 Å². The molecule has 5 rings (SSSR count). The fourth-order valence-corrected chi connectivity index (χ4v) is 4.85. The van der Waals surface area contributed by atoms with Gasteiger partial charge in [0.25, 0.3) is 5.91 Å². The summed E-state index contributed by atoms with van der Waals surface area (Å²) in [5.74, 6) is -0.296. The zero-order valence-electron chi connectivity index (χ0n) is 20.7. The first-order chi connectivity index (χ1) is 17.9. The first-order valence-corrected chi connectivity index (χ1v) is 12.1. The van der Waals surface area contributed by atoms with Crippen LogP contribution < -0.4 is 15.4 Å². The largest absolute Gasteiger partial charge is 0.497 e. The Morgan fingerprint density at radius 3 is 2.43 bits per heavy atom. The summed E-state index contributed by atoms with van der Waals surface area (Å²) in [6, 6.07) is 24.1. The van der Waals surface area contributed by atoms with Crippen molar-refractivity contribution >= 4 is 28.7 Å². The molecule has 8 heteroatoms. The third kappa shape index (κ3) is 4.53. The van der Waals surface area contributed by atoms with Crippen LogP contribution in [0.4, 0.5) is 4.79 Å². The number of benzene rings is 3. The molecular weight excluding hydrogens is 468 g/mol. The number of para-hydroxylation sites is 1. The fourth-order valence-electron chi connectivity index (χ4n) is 4.85. The molecule has 4 amide bonds. The summed E-state index contributed by atoms with van der Waals surface area (Å²) in [4.78, 5) is 43.1. The molecule has 1 saturated heterocycles. The zero-order chi connectivity index (χ0) is 26.0. The molecule has 0 aliphatic carbocycles. The van der Waals surface area contributed by atoms with Crippen LogP contribution >= 0.6 is 0 Å². The molecule has 0 spiro atoms. The number of aromatic amines is 1. The minimum Gasteiger partial charge on any atom is -0.497 e. The van der Waals surface area contributed by atoms with Gasteiger partial charge in [-0.1, -0.05) is 60.7 Å². The van der Waals surface area contributed by atoms with E-state index in [0.717, 1.165) is 32.7 Å². The molecule has 2 heterocycles. The van der Waals surface area contributed by atoms with Crippen molar-refractivity contribution in [1.29, 1.82) is 0 Å². The van der Waals surface area contributed by atoms with E-state index in [2.05, 4.69) is 15.6 Å². The van der Waals surface area contributed by atoms with Crippen molar-refractivity contribution in [3.8, 4) is 5.75 Å². The van der Waals surface area contributed by atoms with Crippen molar-refractivity contribution in [3.63, 3.8) is 0 Å². The predicted octanol–water partition coefficient (Wildman–Crippen LogP) is 3.89. The number of hydrogen-bond donors (Lipinski definition) is 3. The Morgan fingerprint density at radius 2 is 1.70 bits per heavy atom. The molecule has 188 valence electrons. The van der Waals surface area contributed by atoms with Crippen molar-refractivity contribution in [2.24, 2.45) is 0 Å². The molecule has 37 heavy (non-hydrogen) atoms. The van der Waals surface area contributed by atoms with Gasteiger partial charge in [0.15, 0.2) is 0 Å². The average molecular weight is 497 g/mol. The van der Waals surface area contributed by atoms with Crippen LogP contribution in [0, 0.1) is 0 Å². The normalized spacial score (nSPS) is 18.1. The third-order valence-corrected chi connectivity index (χ3v) is 6.95. The van der Waals surface area contributed by atoms with Gasteiger partial charge in [0.2, 0.25) is 5.91 Å². The van der Waals surface area contributed by atoms with Gasteiger partial charge in [0, 0.05) is 29.6 Å². The summed E-state index contributed by atoms with van der Waals surface area (Å²) in [5.41, 5.74) is 2.48. The van der Waals surface area contributed by atoms with Gasteiger partial charge < -0.3 is 20.4 Å². The van der Waals surface area contributed by atoms with E-state index in [9.17, 15) is 14.4 Å². The fraction of sp³-hybridized carbons (Fsp3) is 0.207. The van der Waals surface area contributed by atoms with Gasteiger partial charge in [-0.25, -0.2) is 4.79 Å². The molecule has 0 saturated carbocycles. The Morgan fingerprint density at radius 1 is 1.00 bits per heavy atom. The van der Waals surface area contributed by atoms with Crippen molar-refractivity contribution in [1.82, 2.24) is 20.5 Å². The molecule has 0 unspecified atom stereocenters. The van der Waals surface area contributed by atoms with E-state index >= 15 is 0 Å². The van der Waals surface area contributed by atoms with Crippen LogP contribution in [0.3, 0.4) is 0 Å². The highest BCUT2D eigenvalue weighted by Gasteiger charge is 2.49. The molecule has 1 aliphatic rings. The van der Waals surface area contributed by atoms with Crippen LogP contribution in [-0.2, 0) is 15.1 Å². The summed E-state index contributed by atoms with van der Waals surface area (Å²) < 4.78 is 5.30.